The first-order valence-corrected chi connectivity index (χ1v) is 13.3. The summed E-state index contributed by atoms with van der Waals surface area (Å²) in [4.78, 5) is 12.7. The minimum Gasteiger partial charge on any atom is -0.870 e. The second kappa shape index (κ2) is 12.6. The summed E-state index contributed by atoms with van der Waals surface area (Å²) in [6, 6.07) is 15.4. The van der Waals surface area contributed by atoms with E-state index in [1.165, 1.54) is 25.3 Å². The van der Waals surface area contributed by atoms with Crippen molar-refractivity contribution in [3.05, 3.63) is 81.8 Å². The van der Waals surface area contributed by atoms with Gasteiger partial charge in [-0.2, -0.15) is 18.6 Å². The van der Waals surface area contributed by atoms with Gasteiger partial charge < -0.3 is 15.2 Å². The summed E-state index contributed by atoms with van der Waals surface area (Å²) in [6.07, 6.45) is 0.245. The number of hydrogen-bond donors (Lipinski definition) is 2. The smallest absolute Gasteiger partial charge is 0.870 e. The molecule has 0 saturated heterocycles. The Bertz CT molecular complexity index is 1710. The van der Waals surface area contributed by atoms with Crippen molar-refractivity contribution in [1.82, 2.24) is 0 Å². The second-order valence-corrected chi connectivity index (χ2v) is 10.3. The molecule has 0 atom stereocenters. The van der Waals surface area contributed by atoms with Gasteiger partial charge >= 0.3 is 29.6 Å². The average Bonchev–Trinajstić information content (AvgIpc) is 2.88. The van der Waals surface area contributed by atoms with Crippen LogP contribution in [0.15, 0.2) is 75.8 Å². The Balaban J connectivity index is 0.00000420. The quantitative estimate of drug-likeness (QED) is 0.189. The summed E-state index contributed by atoms with van der Waals surface area (Å²) in [7, 11) is -3.13. The van der Waals surface area contributed by atoms with E-state index in [0.29, 0.717) is 16.5 Å². The van der Waals surface area contributed by atoms with Crippen LogP contribution in [0.2, 0.25) is 10.0 Å². The molecule has 0 bridgehead atoms. The zero-order chi connectivity index (χ0) is 27.6. The number of nitrogens with zero attached hydrogens (tertiary/aromatic N) is 2. The molecule has 1 amide bonds. The predicted octanol–water partition coefficient (Wildman–Crippen LogP) is 3.71. The zero-order valence-corrected chi connectivity index (χ0v) is 25.4. The van der Waals surface area contributed by atoms with Crippen molar-refractivity contribution in [2.75, 3.05) is 12.4 Å². The molecule has 0 aromatic heterocycles. The van der Waals surface area contributed by atoms with Crippen LogP contribution in [-0.4, -0.2) is 26.0 Å². The average molecular weight is 596 g/mol. The zero-order valence-electron chi connectivity index (χ0n) is 21.0. The Morgan fingerprint density at radius 3 is 2.44 bits per heavy atom. The number of anilines is 1. The number of fused-ring (bicyclic) bond motifs is 1. The molecule has 2 N–H and O–H groups in total. The molecule has 0 saturated carbocycles. The summed E-state index contributed by atoms with van der Waals surface area (Å²) in [5.74, 6) is -0.983. The van der Waals surface area contributed by atoms with E-state index in [4.69, 9.17) is 27.9 Å². The van der Waals surface area contributed by atoms with E-state index < -0.39 is 26.7 Å². The van der Waals surface area contributed by atoms with Crippen LogP contribution in [0.5, 0.6) is 11.5 Å². The van der Waals surface area contributed by atoms with Crippen molar-refractivity contribution < 1.29 is 57.2 Å². The molecule has 13 heteroatoms. The van der Waals surface area contributed by atoms with Crippen LogP contribution in [0.3, 0.4) is 0 Å². The molecule has 4 rings (SSSR count). The maximum Gasteiger partial charge on any atom is 1.00 e. The molecule has 0 radical (unpaired) electrons. The number of azo groups is 1. The molecular weight excluding hydrogens is 576 g/mol. The molecule has 0 aliphatic carbocycles. The summed E-state index contributed by atoms with van der Waals surface area (Å²) in [6.45, 7) is 1.68. The molecule has 9 nitrogen and oxygen atoms in total. The number of ether oxygens (including phenoxy) is 1. The Morgan fingerprint density at radius 2 is 1.77 bits per heavy atom. The number of rotatable bonds is 7. The number of nitrogens with one attached hydrogen (secondary N) is 1. The molecule has 196 valence electrons. The van der Waals surface area contributed by atoms with Crippen molar-refractivity contribution in [3.8, 4) is 11.5 Å². The Hall–Kier alpha value is -2.70. The number of halogens is 2. The number of carbonyl (C=O) groups is 1. The number of hydrogen-bond acceptors (Lipinski definition) is 7. The maximum absolute atomic E-state index is 13.4. The number of benzene rings is 4. The number of amides is 1. The van der Waals surface area contributed by atoms with E-state index in [1.807, 2.05) is 0 Å². The van der Waals surface area contributed by atoms with Crippen molar-refractivity contribution in [2.24, 2.45) is 10.2 Å². The van der Waals surface area contributed by atoms with Crippen LogP contribution in [-0.2, 0) is 16.5 Å². The van der Waals surface area contributed by atoms with Crippen LogP contribution < -0.4 is 44.7 Å². The van der Waals surface area contributed by atoms with Crippen molar-refractivity contribution >= 4 is 67.1 Å². The van der Waals surface area contributed by atoms with Crippen LogP contribution in [0.4, 0.5) is 17.1 Å². The third kappa shape index (κ3) is 6.72. The van der Waals surface area contributed by atoms with Crippen molar-refractivity contribution in [3.63, 3.8) is 0 Å². The Morgan fingerprint density at radius 1 is 1.05 bits per heavy atom. The van der Waals surface area contributed by atoms with Gasteiger partial charge in [0.05, 0.1) is 29.2 Å². The Kier molecular flexibility index (Phi) is 10.0. The van der Waals surface area contributed by atoms with E-state index in [-0.39, 0.29) is 74.2 Å². The van der Waals surface area contributed by atoms with E-state index >= 15 is 0 Å². The monoisotopic (exact) mass is 595 g/mol. The Labute approximate surface area is 256 Å². The fraction of sp³-hybridized carbons (Fsp3) is 0.115. The first kappa shape index (κ1) is 30.8. The summed E-state index contributed by atoms with van der Waals surface area (Å²) < 4.78 is 38.5. The summed E-state index contributed by atoms with van der Waals surface area (Å²) in [5.41, 5.74) is 0.0954. The van der Waals surface area contributed by atoms with Gasteiger partial charge in [0.25, 0.3) is 16.0 Å². The minimum absolute atomic E-state index is 0. The number of methoxy groups -OCH3 is 1. The summed E-state index contributed by atoms with van der Waals surface area (Å²) >= 11 is 12.4. The van der Waals surface area contributed by atoms with Gasteiger partial charge in [-0.1, -0.05) is 60.1 Å². The van der Waals surface area contributed by atoms with Crippen molar-refractivity contribution in [1.29, 1.82) is 0 Å². The van der Waals surface area contributed by atoms with Gasteiger partial charge in [0.1, 0.15) is 10.6 Å². The molecule has 0 aliphatic heterocycles. The second-order valence-electron chi connectivity index (χ2n) is 8.06. The van der Waals surface area contributed by atoms with E-state index in [2.05, 4.69) is 15.5 Å². The van der Waals surface area contributed by atoms with Gasteiger partial charge in [0.2, 0.25) is 0 Å². The first-order valence-electron chi connectivity index (χ1n) is 11.1. The predicted molar refractivity (Wildman–Crippen MR) is 144 cm³/mol. The summed E-state index contributed by atoms with van der Waals surface area (Å²) in [5, 5.41) is 25.4. The first-order chi connectivity index (χ1) is 18.0. The SMILES string of the molecule is CCc1c(Cl)cc(N=Nc2c([O-])c(C(=O)Nc3cc(OC)ccc3Cl)cc3ccccc23)cc1S(=O)(=O)O.[Na+]. The fourth-order valence-electron chi connectivity index (χ4n) is 3.83. The van der Waals surface area contributed by atoms with Crippen LogP contribution in [0.1, 0.15) is 22.8 Å². The molecule has 0 heterocycles. The molecule has 0 aliphatic rings. The molecule has 4 aromatic carbocycles. The van der Waals surface area contributed by atoms with Gasteiger partial charge in [-0.05, 0) is 47.7 Å². The number of carbonyl (C=O) groups excluding carboxylic acids is 1. The van der Waals surface area contributed by atoms with E-state index in [9.17, 15) is 22.9 Å². The third-order valence-electron chi connectivity index (χ3n) is 5.68. The molecule has 0 unspecified atom stereocenters. The van der Waals surface area contributed by atoms with Gasteiger partial charge in [-0.15, -0.1) is 0 Å². The third-order valence-corrected chi connectivity index (χ3v) is 7.26. The van der Waals surface area contributed by atoms with Crippen molar-refractivity contribution in [2.45, 2.75) is 18.2 Å². The van der Waals surface area contributed by atoms with Crippen LogP contribution >= 0.6 is 23.2 Å². The minimum atomic E-state index is -4.59. The van der Waals surface area contributed by atoms with Gasteiger partial charge in [0, 0.05) is 22.0 Å². The van der Waals surface area contributed by atoms with E-state index in [1.54, 1.807) is 43.3 Å². The van der Waals surface area contributed by atoms with Gasteiger partial charge in [-0.3, -0.25) is 9.35 Å². The molecular formula is C26H20Cl2N3NaO6S. The molecule has 4 aromatic rings. The van der Waals surface area contributed by atoms with Crippen LogP contribution in [0.25, 0.3) is 10.8 Å². The van der Waals surface area contributed by atoms with Gasteiger partial charge in [0.15, 0.2) is 0 Å². The van der Waals surface area contributed by atoms with E-state index in [0.717, 1.165) is 6.07 Å². The fourth-order valence-corrected chi connectivity index (χ4v) is 5.23. The standard InChI is InChI=1S/C26H21Cl2N3O6S.Na/c1-3-17-21(28)11-15(12-23(17)38(34,35)36)30-31-24-18-7-5-4-6-14(18)10-19(25(24)32)26(33)29-22-13-16(37-2)8-9-20(22)27;/h4-13,32H,3H2,1-2H3,(H,29,33)(H,34,35,36);/q;+1/p-1. The van der Waals surface area contributed by atoms with Gasteiger partial charge in [-0.25, -0.2) is 0 Å². The largest absolute Gasteiger partial charge is 1.00 e. The maximum atomic E-state index is 13.4. The normalized spacial score (nSPS) is 11.4. The molecule has 0 spiro atoms. The molecule has 0 fully saturated rings. The van der Waals surface area contributed by atoms with Crippen LogP contribution in [0, 0.1) is 0 Å². The molecule has 39 heavy (non-hydrogen) atoms. The topological polar surface area (TPSA) is 140 Å².